The van der Waals surface area contributed by atoms with Gasteiger partial charge in [0.15, 0.2) is 0 Å². The van der Waals surface area contributed by atoms with Gasteiger partial charge in [-0.2, -0.15) is 0 Å². The zero-order valence-corrected chi connectivity index (χ0v) is 10.4. The SMILES string of the molecule is Clc1ccc(Br)cc1Cc1ccccc1. The van der Waals surface area contributed by atoms with E-state index in [0.29, 0.717) is 0 Å². The van der Waals surface area contributed by atoms with Crippen LogP contribution in [0.3, 0.4) is 0 Å². The lowest BCUT2D eigenvalue weighted by Gasteiger charge is -2.04. The molecule has 76 valence electrons. The van der Waals surface area contributed by atoms with E-state index in [1.54, 1.807) is 0 Å². The molecule has 0 heterocycles. The van der Waals surface area contributed by atoms with Crippen LogP contribution in [-0.2, 0) is 6.42 Å². The fraction of sp³-hybridized carbons (Fsp3) is 0.0769. The minimum atomic E-state index is 0.821. The predicted molar refractivity (Wildman–Crippen MR) is 68.4 cm³/mol. The second-order valence-corrected chi connectivity index (χ2v) is 4.72. The highest BCUT2D eigenvalue weighted by Crippen LogP contribution is 2.23. The van der Waals surface area contributed by atoms with Gasteiger partial charge in [-0.1, -0.05) is 57.9 Å². The van der Waals surface area contributed by atoms with E-state index in [1.165, 1.54) is 5.56 Å². The summed E-state index contributed by atoms with van der Waals surface area (Å²) in [4.78, 5) is 0. The quantitative estimate of drug-likeness (QED) is 0.749. The summed E-state index contributed by atoms with van der Waals surface area (Å²) < 4.78 is 1.07. The van der Waals surface area contributed by atoms with Crippen LogP contribution in [0.15, 0.2) is 53.0 Å². The van der Waals surface area contributed by atoms with Gasteiger partial charge in [0.2, 0.25) is 0 Å². The van der Waals surface area contributed by atoms with Gasteiger partial charge in [-0.15, -0.1) is 0 Å². The van der Waals surface area contributed by atoms with Gasteiger partial charge in [0.25, 0.3) is 0 Å². The van der Waals surface area contributed by atoms with E-state index in [0.717, 1.165) is 21.5 Å². The minimum Gasteiger partial charge on any atom is -0.0840 e. The van der Waals surface area contributed by atoms with E-state index in [1.807, 2.05) is 30.3 Å². The van der Waals surface area contributed by atoms with Crippen LogP contribution in [0.4, 0.5) is 0 Å². The zero-order valence-electron chi connectivity index (χ0n) is 8.08. The van der Waals surface area contributed by atoms with E-state index in [-0.39, 0.29) is 0 Å². The molecule has 2 heteroatoms. The van der Waals surface area contributed by atoms with Gasteiger partial charge in [-0.25, -0.2) is 0 Å². The Hall–Kier alpha value is -0.790. The number of hydrogen-bond acceptors (Lipinski definition) is 0. The van der Waals surface area contributed by atoms with Crippen molar-refractivity contribution in [2.75, 3.05) is 0 Å². The van der Waals surface area contributed by atoms with Gasteiger partial charge >= 0.3 is 0 Å². The second kappa shape index (κ2) is 4.82. The largest absolute Gasteiger partial charge is 0.0840 e. The van der Waals surface area contributed by atoms with Gasteiger partial charge in [-0.05, 0) is 35.7 Å². The van der Waals surface area contributed by atoms with Crippen LogP contribution in [0.2, 0.25) is 5.02 Å². The fourth-order valence-corrected chi connectivity index (χ4v) is 2.09. The number of hydrogen-bond donors (Lipinski definition) is 0. The summed E-state index contributed by atoms with van der Waals surface area (Å²) in [5, 5.41) is 0.821. The van der Waals surface area contributed by atoms with E-state index < -0.39 is 0 Å². The van der Waals surface area contributed by atoms with Crippen molar-refractivity contribution in [2.45, 2.75) is 6.42 Å². The van der Waals surface area contributed by atoms with Gasteiger partial charge in [0.05, 0.1) is 0 Å². The fourth-order valence-electron chi connectivity index (χ4n) is 1.49. The molecule has 0 amide bonds. The first-order valence-electron chi connectivity index (χ1n) is 4.73. The van der Waals surface area contributed by atoms with Crippen molar-refractivity contribution < 1.29 is 0 Å². The summed E-state index contributed by atoms with van der Waals surface area (Å²) in [6, 6.07) is 16.3. The first-order valence-corrected chi connectivity index (χ1v) is 5.90. The number of halogens is 2. The van der Waals surface area contributed by atoms with Gasteiger partial charge < -0.3 is 0 Å². The highest BCUT2D eigenvalue weighted by Gasteiger charge is 2.01. The summed E-state index contributed by atoms with van der Waals surface area (Å²) in [7, 11) is 0. The van der Waals surface area contributed by atoms with Crippen LogP contribution in [0, 0.1) is 0 Å². The molecule has 0 saturated carbocycles. The lowest BCUT2D eigenvalue weighted by Crippen LogP contribution is -1.88. The molecule has 2 rings (SSSR count). The topological polar surface area (TPSA) is 0 Å². The van der Waals surface area contributed by atoms with Crippen molar-refractivity contribution in [3.8, 4) is 0 Å². The van der Waals surface area contributed by atoms with E-state index >= 15 is 0 Å². The molecule has 0 aromatic heterocycles. The van der Waals surface area contributed by atoms with Crippen molar-refractivity contribution in [3.63, 3.8) is 0 Å². The summed E-state index contributed by atoms with van der Waals surface area (Å²) in [5.74, 6) is 0. The maximum atomic E-state index is 6.13. The highest BCUT2D eigenvalue weighted by atomic mass is 79.9. The highest BCUT2D eigenvalue weighted by molar-refractivity contribution is 9.10. The van der Waals surface area contributed by atoms with E-state index in [2.05, 4.69) is 34.1 Å². The Labute approximate surface area is 103 Å². The zero-order chi connectivity index (χ0) is 10.7. The first kappa shape index (κ1) is 10.7. The molecule has 0 radical (unpaired) electrons. The molecule has 2 aromatic rings. The van der Waals surface area contributed by atoms with E-state index in [4.69, 9.17) is 11.6 Å². The lowest BCUT2D eigenvalue weighted by atomic mass is 10.1. The molecule has 0 saturated heterocycles. The van der Waals surface area contributed by atoms with Crippen LogP contribution in [0.5, 0.6) is 0 Å². The van der Waals surface area contributed by atoms with Gasteiger partial charge in [0.1, 0.15) is 0 Å². The molecule has 15 heavy (non-hydrogen) atoms. The van der Waals surface area contributed by atoms with E-state index in [9.17, 15) is 0 Å². The van der Waals surface area contributed by atoms with Crippen LogP contribution >= 0.6 is 27.5 Å². The summed E-state index contributed by atoms with van der Waals surface area (Å²) in [6.45, 7) is 0. The second-order valence-electron chi connectivity index (χ2n) is 3.40. The number of benzene rings is 2. The average molecular weight is 282 g/mol. The van der Waals surface area contributed by atoms with Crippen LogP contribution in [0.1, 0.15) is 11.1 Å². The standard InChI is InChI=1S/C13H10BrCl/c14-12-6-7-13(15)11(9-12)8-10-4-2-1-3-5-10/h1-7,9H,8H2. The minimum absolute atomic E-state index is 0.821. The van der Waals surface area contributed by atoms with Crippen molar-refractivity contribution in [1.82, 2.24) is 0 Å². The maximum Gasteiger partial charge on any atom is 0.0442 e. The third-order valence-corrected chi connectivity index (χ3v) is 3.11. The molecule has 0 nitrogen and oxygen atoms in total. The van der Waals surface area contributed by atoms with Crippen molar-refractivity contribution in [2.24, 2.45) is 0 Å². The Morgan fingerprint density at radius 3 is 2.47 bits per heavy atom. The Bertz CT molecular complexity index is 451. The molecule has 0 atom stereocenters. The van der Waals surface area contributed by atoms with Crippen LogP contribution < -0.4 is 0 Å². The molecule has 0 bridgehead atoms. The first-order chi connectivity index (χ1) is 7.25. The third kappa shape index (κ3) is 2.83. The maximum absolute atomic E-state index is 6.13. The Morgan fingerprint density at radius 1 is 1.00 bits per heavy atom. The van der Waals surface area contributed by atoms with Crippen LogP contribution in [-0.4, -0.2) is 0 Å². The molecule has 2 aromatic carbocycles. The molecular weight excluding hydrogens is 272 g/mol. The molecule has 0 unspecified atom stereocenters. The molecule has 0 spiro atoms. The lowest BCUT2D eigenvalue weighted by molar-refractivity contribution is 1.19. The average Bonchev–Trinajstić information content (AvgIpc) is 2.25. The normalized spacial score (nSPS) is 10.3. The molecule has 0 aliphatic carbocycles. The predicted octanol–water partition coefficient (Wildman–Crippen LogP) is 4.69. The van der Waals surface area contributed by atoms with Gasteiger partial charge in [0, 0.05) is 9.50 Å². The van der Waals surface area contributed by atoms with Crippen LogP contribution in [0.25, 0.3) is 0 Å². The Kier molecular flexibility index (Phi) is 3.45. The Morgan fingerprint density at radius 2 is 1.73 bits per heavy atom. The number of rotatable bonds is 2. The van der Waals surface area contributed by atoms with Gasteiger partial charge in [-0.3, -0.25) is 0 Å². The van der Waals surface area contributed by atoms with Crippen molar-refractivity contribution >= 4 is 27.5 Å². The monoisotopic (exact) mass is 280 g/mol. The molecular formula is C13H10BrCl. The molecule has 0 fully saturated rings. The smallest absolute Gasteiger partial charge is 0.0442 e. The van der Waals surface area contributed by atoms with Crippen molar-refractivity contribution in [3.05, 3.63) is 69.2 Å². The summed E-state index contributed by atoms with van der Waals surface area (Å²) in [6.07, 6.45) is 0.874. The molecule has 0 aliphatic heterocycles. The molecule has 0 aliphatic rings. The summed E-state index contributed by atoms with van der Waals surface area (Å²) >= 11 is 9.58. The Balaban J connectivity index is 2.28. The van der Waals surface area contributed by atoms with Crippen molar-refractivity contribution in [1.29, 1.82) is 0 Å². The summed E-state index contributed by atoms with van der Waals surface area (Å²) in [5.41, 5.74) is 2.43. The third-order valence-electron chi connectivity index (χ3n) is 2.25. The molecule has 0 N–H and O–H groups in total.